The van der Waals surface area contributed by atoms with Crippen molar-refractivity contribution in [1.82, 2.24) is 15.0 Å². The van der Waals surface area contributed by atoms with Crippen LogP contribution in [0, 0.1) is 23.0 Å². The van der Waals surface area contributed by atoms with Crippen LogP contribution in [0.15, 0.2) is 73.2 Å². The molecule has 6 nitrogen and oxygen atoms in total. The van der Waals surface area contributed by atoms with Crippen molar-refractivity contribution in [2.75, 3.05) is 10.6 Å². The van der Waals surface area contributed by atoms with Crippen LogP contribution in [0.5, 0.6) is 0 Å². The number of aromatic nitrogens is 3. The van der Waals surface area contributed by atoms with Crippen molar-refractivity contribution in [2.24, 2.45) is 0 Å². The van der Waals surface area contributed by atoms with Gasteiger partial charge >= 0.3 is 0 Å². The summed E-state index contributed by atoms with van der Waals surface area (Å²) in [5.41, 5.74) is 1.95. The van der Waals surface area contributed by atoms with E-state index in [1.165, 1.54) is 24.4 Å². The third-order valence-corrected chi connectivity index (χ3v) is 4.23. The number of benzene rings is 2. The van der Waals surface area contributed by atoms with E-state index in [-0.39, 0.29) is 17.5 Å². The van der Waals surface area contributed by atoms with Gasteiger partial charge in [-0.25, -0.2) is 13.8 Å². The summed E-state index contributed by atoms with van der Waals surface area (Å²) in [5, 5.41) is 14.5. The summed E-state index contributed by atoms with van der Waals surface area (Å²) in [6.45, 7) is 0. The maximum atomic E-state index is 14.6. The Balaban J connectivity index is 1.56. The molecule has 4 rings (SSSR count). The van der Waals surface area contributed by atoms with Crippen LogP contribution in [0.1, 0.15) is 5.56 Å². The fourth-order valence-corrected chi connectivity index (χ4v) is 2.78. The molecule has 0 aliphatic heterocycles. The number of nitrogens with zero attached hydrogens (tertiary/aromatic N) is 4. The molecule has 4 aromatic rings. The van der Waals surface area contributed by atoms with Gasteiger partial charge in [0.05, 0.1) is 11.6 Å². The van der Waals surface area contributed by atoms with E-state index in [2.05, 4.69) is 25.6 Å². The average Bonchev–Trinajstić information content (AvgIpc) is 2.77. The minimum Gasteiger partial charge on any atom is -0.335 e. The molecule has 0 radical (unpaired) electrons. The Hall–Kier alpha value is -4.38. The summed E-state index contributed by atoms with van der Waals surface area (Å²) in [4.78, 5) is 12.2. The van der Waals surface area contributed by atoms with Gasteiger partial charge in [-0.15, -0.1) is 0 Å². The van der Waals surface area contributed by atoms with E-state index in [0.717, 1.165) is 0 Å². The van der Waals surface area contributed by atoms with Crippen LogP contribution >= 0.6 is 0 Å². The number of halogens is 2. The van der Waals surface area contributed by atoms with Crippen molar-refractivity contribution < 1.29 is 8.78 Å². The largest absolute Gasteiger partial charge is 0.335 e. The topological polar surface area (TPSA) is 86.5 Å². The Morgan fingerprint density at radius 2 is 1.50 bits per heavy atom. The summed E-state index contributed by atoms with van der Waals surface area (Å²) >= 11 is 0. The first-order valence-electron chi connectivity index (χ1n) is 8.89. The van der Waals surface area contributed by atoms with Gasteiger partial charge in [0.2, 0.25) is 5.95 Å². The van der Waals surface area contributed by atoms with Crippen LogP contribution in [0.25, 0.3) is 11.1 Å². The quantitative estimate of drug-likeness (QED) is 0.480. The van der Waals surface area contributed by atoms with E-state index >= 15 is 0 Å². The molecule has 0 amide bonds. The van der Waals surface area contributed by atoms with Gasteiger partial charge in [-0.3, -0.25) is 4.98 Å². The predicted molar refractivity (Wildman–Crippen MR) is 109 cm³/mol. The van der Waals surface area contributed by atoms with Gasteiger partial charge in [0, 0.05) is 24.3 Å². The van der Waals surface area contributed by atoms with E-state index in [1.54, 1.807) is 48.8 Å². The van der Waals surface area contributed by atoms with E-state index in [0.29, 0.717) is 22.4 Å². The standard InChI is InChI=1S/C22H14F2N6/c23-18-11-16(15-5-8-26-9-6-15)12-19(24)21(18)29-20-7-10-27-22(30-20)28-17-3-1-14(13-25)2-4-17/h1-12H,(H2,27,28,29,30). The number of nitrogens with one attached hydrogen (secondary N) is 2. The van der Waals surface area contributed by atoms with Crippen LogP contribution in [0.3, 0.4) is 0 Å². The lowest BCUT2D eigenvalue weighted by atomic mass is 10.1. The highest BCUT2D eigenvalue weighted by atomic mass is 19.1. The van der Waals surface area contributed by atoms with Crippen molar-refractivity contribution in [3.8, 4) is 17.2 Å². The number of pyridine rings is 1. The zero-order valence-electron chi connectivity index (χ0n) is 15.5. The van der Waals surface area contributed by atoms with Gasteiger partial charge in [-0.1, -0.05) is 0 Å². The monoisotopic (exact) mass is 400 g/mol. The van der Waals surface area contributed by atoms with E-state index in [9.17, 15) is 8.78 Å². The number of nitriles is 1. The first-order chi connectivity index (χ1) is 14.6. The molecule has 2 aromatic carbocycles. The highest BCUT2D eigenvalue weighted by molar-refractivity contribution is 5.69. The zero-order chi connectivity index (χ0) is 20.9. The Morgan fingerprint density at radius 1 is 0.800 bits per heavy atom. The van der Waals surface area contributed by atoms with Gasteiger partial charge in [0.1, 0.15) is 23.1 Å². The van der Waals surface area contributed by atoms with Gasteiger partial charge in [-0.05, 0) is 65.7 Å². The Kier molecular flexibility index (Phi) is 5.26. The molecule has 0 unspecified atom stereocenters. The second-order valence-electron chi connectivity index (χ2n) is 6.26. The molecular weight excluding hydrogens is 386 g/mol. The molecular formula is C22H14F2N6. The molecule has 0 fully saturated rings. The molecule has 8 heteroatoms. The van der Waals surface area contributed by atoms with Crippen LogP contribution in [0.2, 0.25) is 0 Å². The lowest BCUT2D eigenvalue weighted by Crippen LogP contribution is -2.03. The molecule has 0 atom stereocenters. The first-order valence-corrected chi connectivity index (χ1v) is 8.89. The summed E-state index contributed by atoms with van der Waals surface area (Å²) in [7, 11) is 0. The number of hydrogen-bond donors (Lipinski definition) is 2. The molecule has 0 aliphatic rings. The summed E-state index contributed by atoms with van der Waals surface area (Å²) in [6, 6.07) is 16.1. The fourth-order valence-electron chi connectivity index (χ4n) is 2.78. The minimum atomic E-state index is -0.748. The van der Waals surface area contributed by atoms with Crippen LogP contribution in [0.4, 0.5) is 31.9 Å². The first kappa shape index (κ1) is 19.0. The van der Waals surface area contributed by atoms with E-state index in [4.69, 9.17) is 5.26 Å². The van der Waals surface area contributed by atoms with Crippen molar-refractivity contribution in [3.63, 3.8) is 0 Å². The van der Waals surface area contributed by atoms with Gasteiger partial charge in [0.15, 0.2) is 0 Å². The Labute approximate surface area is 170 Å². The smallest absolute Gasteiger partial charge is 0.229 e. The average molecular weight is 400 g/mol. The summed E-state index contributed by atoms with van der Waals surface area (Å²) < 4.78 is 29.2. The van der Waals surface area contributed by atoms with E-state index < -0.39 is 11.6 Å². The zero-order valence-corrected chi connectivity index (χ0v) is 15.5. The van der Waals surface area contributed by atoms with Crippen molar-refractivity contribution in [1.29, 1.82) is 5.26 Å². The van der Waals surface area contributed by atoms with Crippen molar-refractivity contribution in [2.45, 2.75) is 0 Å². The normalized spacial score (nSPS) is 10.3. The van der Waals surface area contributed by atoms with Crippen LogP contribution in [-0.2, 0) is 0 Å². The van der Waals surface area contributed by atoms with E-state index in [1.807, 2.05) is 6.07 Å². The highest BCUT2D eigenvalue weighted by Gasteiger charge is 2.13. The minimum absolute atomic E-state index is 0.218. The second-order valence-corrected chi connectivity index (χ2v) is 6.26. The van der Waals surface area contributed by atoms with Gasteiger partial charge in [-0.2, -0.15) is 10.2 Å². The van der Waals surface area contributed by atoms with Crippen LogP contribution < -0.4 is 10.6 Å². The molecule has 0 aliphatic carbocycles. The number of anilines is 4. The maximum absolute atomic E-state index is 14.6. The molecule has 0 saturated carbocycles. The molecule has 2 heterocycles. The van der Waals surface area contributed by atoms with Crippen LogP contribution in [-0.4, -0.2) is 15.0 Å². The van der Waals surface area contributed by atoms with Gasteiger partial charge < -0.3 is 10.6 Å². The molecule has 2 aromatic heterocycles. The second kappa shape index (κ2) is 8.32. The third kappa shape index (κ3) is 4.20. The lowest BCUT2D eigenvalue weighted by molar-refractivity contribution is 0.591. The SMILES string of the molecule is N#Cc1ccc(Nc2nccc(Nc3c(F)cc(-c4ccncc4)cc3F)n2)cc1. The third-order valence-electron chi connectivity index (χ3n) is 4.23. The lowest BCUT2D eigenvalue weighted by Gasteiger charge is -2.11. The Morgan fingerprint density at radius 3 is 2.17 bits per heavy atom. The van der Waals surface area contributed by atoms with Gasteiger partial charge in [0.25, 0.3) is 0 Å². The summed E-state index contributed by atoms with van der Waals surface area (Å²) in [6.07, 6.45) is 4.57. The van der Waals surface area contributed by atoms with Crippen molar-refractivity contribution >= 4 is 23.1 Å². The molecule has 30 heavy (non-hydrogen) atoms. The predicted octanol–water partition coefficient (Wildman–Crippen LogP) is 5.18. The molecule has 2 N–H and O–H groups in total. The number of rotatable bonds is 5. The molecule has 0 spiro atoms. The molecule has 0 bridgehead atoms. The Bertz CT molecular complexity index is 1200. The number of hydrogen-bond acceptors (Lipinski definition) is 6. The van der Waals surface area contributed by atoms with Crippen molar-refractivity contribution in [3.05, 3.63) is 90.4 Å². The maximum Gasteiger partial charge on any atom is 0.229 e. The molecule has 0 saturated heterocycles. The summed E-state index contributed by atoms with van der Waals surface area (Å²) in [5.74, 6) is -1.04. The highest BCUT2D eigenvalue weighted by Crippen LogP contribution is 2.29. The molecule has 146 valence electrons. The fraction of sp³-hybridized carbons (Fsp3) is 0.